The minimum atomic E-state index is -0.392. The van der Waals surface area contributed by atoms with Crippen LogP contribution in [0.25, 0.3) is 0 Å². The second-order valence-corrected chi connectivity index (χ2v) is 6.70. The largest absolute Gasteiger partial charge is 0.488 e. The van der Waals surface area contributed by atoms with Gasteiger partial charge in [0.1, 0.15) is 0 Å². The molecule has 1 heterocycles. The van der Waals surface area contributed by atoms with Crippen molar-refractivity contribution in [2.75, 3.05) is 23.7 Å². The summed E-state index contributed by atoms with van der Waals surface area (Å²) in [6.45, 7) is 10.2. The topological polar surface area (TPSA) is 38.5 Å². The van der Waals surface area contributed by atoms with Crippen LogP contribution in [-0.2, 0) is 0 Å². The zero-order chi connectivity index (χ0) is 14.9. The molecule has 20 heavy (non-hydrogen) atoms. The van der Waals surface area contributed by atoms with E-state index in [4.69, 9.17) is 10.5 Å². The highest BCUT2D eigenvalue weighted by Gasteiger charge is 2.28. The first-order valence-corrected chi connectivity index (χ1v) is 7.29. The van der Waals surface area contributed by atoms with E-state index < -0.39 is 5.82 Å². The van der Waals surface area contributed by atoms with Crippen molar-refractivity contribution in [1.82, 2.24) is 0 Å². The van der Waals surface area contributed by atoms with E-state index in [0.29, 0.717) is 5.69 Å². The highest BCUT2D eigenvalue weighted by Crippen LogP contribution is 2.37. The maximum absolute atomic E-state index is 13.9. The Kier molecular flexibility index (Phi) is 4.11. The molecule has 1 aliphatic rings. The predicted octanol–water partition coefficient (Wildman–Crippen LogP) is 3.82. The van der Waals surface area contributed by atoms with E-state index in [-0.39, 0.29) is 17.3 Å². The van der Waals surface area contributed by atoms with Gasteiger partial charge in [0.2, 0.25) is 0 Å². The molecule has 0 aliphatic carbocycles. The van der Waals surface area contributed by atoms with Crippen molar-refractivity contribution >= 4 is 11.4 Å². The zero-order valence-electron chi connectivity index (χ0n) is 12.9. The van der Waals surface area contributed by atoms with Gasteiger partial charge in [0, 0.05) is 25.2 Å². The molecule has 1 aliphatic heterocycles. The average Bonchev–Trinajstić information content (AvgIpc) is 2.30. The Morgan fingerprint density at radius 2 is 2.05 bits per heavy atom. The molecule has 3 nitrogen and oxygen atoms in total. The van der Waals surface area contributed by atoms with Gasteiger partial charge in [-0.1, -0.05) is 13.8 Å². The fraction of sp³-hybridized carbons (Fsp3) is 0.625. The first-order chi connectivity index (χ1) is 9.28. The van der Waals surface area contributed by atoms with Crippen molar-refractivity contribution in [3.05, 3.63) is 17.9 Å². The number of benzene rings is 1. The van der Waals surface area contributed by atoms with Crippen LogP contribution in [0.5, 0.6) is 5.75 Å². The molecule has 2 rings (SSSR count). The van der Waals surface area contributed by atoms with Gasteiger partial charge in [-0.25, -0.2) is 4.39 Å². The standard InChI is InChI=1S/C16H25FN2O/c1-11(2)20-15-9-14(13(18)8-12(15)17)19-7-5-6-16(3,4)10-19/h8-9,11H,5-7,10,18H2,1-4H3. The number of rotatable bonds is 3. The second-order valence-electron chi connectivity index (χ2n) is 6.70. The molecule has 0 unspecified atom stereocenters. The highest BCUT2D eigenvalue weighted by molar-refractivity contribution is 5.70. The molecular weight excluding hydrogens is 255 g/mol. The summed E-state index contributed by atoms with van der Waals surface area (Å²) in [4.78, 5) is 2.24. The van der Waals surface area contributed by atoms with E-state index in [0.717, 1.165) is 25.2 Å². The smallest absolute Gasteiger partial charge is 0.167 e. The Balaban J connectivity index is 2.31. The molecule has 0 amide bonds. The lowest BCUT2D eigenvalue weighted by atomic mass is 9.84. The molecule has 0 saturated carbocycles. The van der Waals surface area contributed by atoms with Crippen molar-refractivity contribution in [1.29, 1.82) is 0 Å². The van der Waals surface area contributed by atoms with E-state index in [1.54, 1.807) is 6.07 Å². The molecule has 0 radical (unpaired) electrons. The molecule has 1 saturated heterocycles. The second kappa shape index (κ2) is 5.51. The minimum absolute atomic E-state index is 0.0567. The number of nitrogen functional groups attached to an aromatic ring is 1. The molecular formula is C16H25FN2O. The monoisotopic (exact) mass is 280 g/mol. The normalized spacial score (nSPS) is 18.4. The molecule has 0 aromatic heterocycles. The van der Waals surface area contributed by atoms with Crippen molar-refractivity contribution in [2.45, 2.75) is 46.6 Å². The summed E-state index contributed by atoms with van der Waals surface area (Å²) in [5.74, 6) is -0.108. The zero-order valence-corrected chi connectivity index (χ0v) is 12.9. The molecule has 1 aromatic rings. The summed E-state index contributed by atoms with van der Waals surface area (Å²) in [5.41, 5.74) is 7.63. The van der Waals surface area contributed by atoms with Crippen molar-refractivity contribution in [3.8, 4) is 5.75 Å². The van der Waals surface area contributed by atoms with Crippen molar-refractivity contribution in [3.63, 3.8) is 0 Å². The fourth-order valence-electron chi connectivity index (χ4n) is 2.81. The Labute approximate surface area is 120 Å². The molecule has 112 valence electrons. The van der Waals surface area contributed by atoms with Gasteiger partial charge in [-0.05, 0) is 32.1 Å². The van der Waals surface area contributed by atoms with Crippen LogP contribution in [-0.4, -0.2) is 19.2 Å². The SMILES string of the molecule is CC(C)Oc1cc(N2CCCC(C)(C)C2)c(N)cc1F. The number of ether oxygens (including phenoxy) is 1. The summed E-state index contributed by atoms with van der Waals surface area (Å²) >= 11 is 0. The van der Waals surface area contributed by atoms with Gasteiger partial charge in [0.15, 0.2) is 11.6 Å². The molecule has 1 aromatic carbocycles. The van der Waals surface area contributed by atoms with Crippen LogP contribution < -0.4 is 15.4 Å². The number of halogens is 1. The minimum Gasteiger partial charge on any atom is -0.488 e. The Morgan fingerprint density at radius 1 is 1.35 bits per heavy atom. The highest BCUT2D eigenvalue weighted by atomic mass is 19.1. The van der Waals surface area contributed by atoms with E-state index in [9.17, 15) is 4.39 Å². The van der Waals surface area contributed by atoms with Gasteiger partial charge in [-0.2, -0.15) is 0 Å². The Morgan fingerprint density at radius 3 is 2.65 bits per heavy atom. The van der Waals surface area contributed by atoms with Crippen LogP contribution in [0.3, 0.4) is 0 Å². The van der Waals surface area contributed by atoms with Crippen LogP contribution in [0.1, 0.15) is 40.5 Å². The summed E-state index contributed by atoms with van der Waals surface area (Å²) < 4.78 is 19.4. The van der Waals surface area contributed by atoms with Crippen LogP contribution in [0.4, 0.5) is 15.8 Å². The van der Waals surface area contributed by atoms with Crippen LogP contribution in [0.15, 0.2) is 12.1 Å². The lowest BCUT2D eigenvalue weighted by Gasteiger charge is -2.40. The molecule has 0 spiro atoms. The Hall–Kier alpha value is -1.45. The van der Waals surface area contributed by atoms with Crippen molar-refractivity contribution < 1.29 is 9.13 Å². The van der Waals surface area contributed by atoms with Gasteiger partial charge in [-0.15, -0.1) is 0 Å². The van der Waals surface area contributed by atoms with Gasteiger partial charge in [-0.3, -0.25) is 0 Å². The number of anilines is 2. The lowest BCUT2D eigenvalue weighted by molar-refractivity contribution is 0.231. The third-order valence-corrected chi connectivity index (χ3v) is 3.69. The average molecular weight is 280 g/mol. The molecule has 2 N–H and O–H groups in total. The number of hydrogen-bond donors (Lipinski definition) is 1. The fourth-order valence-corrected chi connectivity index (χ4v) is 2.81. The number of nitrogens with zero attached hydrogens (tertiary/aromatic N) is 1. The first kappa shape index (κ1) is 14.9. The molecule has 4 heteroatoms. The lowest BCUT2D eigenvalue weighted by Crippen LogP contribution is -2.40. The summed E-state index contributed by atoms with van der Waals surface area (Å²) in [7, 11) is 0. The van der Waals surface area contributed by atoms with E-state index in [1.807, 2.05) is 13.8 Å². The summed E-state index contributed by atoms with van der Waals surface area (Å²) in [6.07, 6.45) is 2.28. The maximum Gasteiger partial charge on any atom is 0.167 e. The Bertz CT molecular complexity index is 486. The predicted molar refractivity (Wildman–Crippen MR) is 81.8 cm³/mol. The van der Waals surface area contributed by atoms with Crippen LogP contribution in [0.2, 0.25) is 0 Å². The molecule has 0 atom stereocenters. The van der Waals surface area contributed by atoms with Gasteiger partial charge < -0.3 is 15.4 Å². The van der Waals surface area contributed by atoms with Gasteiger partial charge >= 0.3 is 0 Å². The third kappa shape index (κ3) is 3.35. The molecule has 1 fully saturated rings. The summed E-state index contributed by atoms with van der Waals surface area (Å²) in [6, 6.07) is 3.11. The van der Waals surface area contributed by atoms with Crippen LogP contribution >= 0.6 is 0 Å². The van der Waals surface area contributed by atoms with Crippen LogP contribution in [0, 0.1) is 11.2 Å². The number of piperidine rings is 1. The van der Waals surface area contributed by atoms with Gasteiger partial charge in [0.25, 0.3) is 0 Å². The maximum atomic E-state index is 13.9. The van der Waals surface area contributed by atoms with Gasteiger partial charge in [0.05, 0.1) is 17.5 Å². The molecule has 0 bridgehead atoms. The number of nitrogens with two attached hydrogens (primary N) is 1. The quantitative estimate of drug-likeness (QED) is 0.855. The number of hydrogen-bond acceptors (Lipinski definition) is 3. The third-order valence-electron chi connectivity index (χ3n) is 3.69. The summed E-state index contributed by atoms with van der Waals surface area (Å²) in [5, 5.41) is 0. The van der Waals surface area contributed by atoms with Crippen molar-refractivity contribution in [2.24, 2.45) is 5.41 Å². The first-order valence-electron chi connectivity index (χ1n) is 7.29. The van der Waals surface area contributed by atoms with E-state index in [2.05, 4.69) is 18.7 Å². The van der Waals surface area contributed by atoms with E-state index >= 15 is 0 Å². The van der Waals surface area contributed by atoms with E-state index in [1.165, 1.54) is 12.5 Å².